The average Bonchev–Trinajstić information content (AvgIpc) is 3.32. The molecule has 2 heterocycles. The van der Waals surface area contributed by atoms with Crippen LogP contribution < -0.4 is 15.5 Å². The minimum absolute atomic E-state index is 0.0921. The van der Waals surface area contributed by atoms with Gasteiger partial charge in [-0.2, -0.15) is 0 Å². The van der Waals surface area contributed by atoms with Crippen LogP contribution in [-0.4, -0.2) is 29.6 Å². The highest BCUT2D eigenvalue weighted by Gasteiger charge is 2.21. The van der Waals surface area contributed by atoms with Gasteiger partial charge in [0.05, 0.1) is 0 Å². The van der Waals surface area contributed by atoms with Crippen LogP contribution in [0.5, 0.6) is 0 Å². The van der Waals surface area contributed by atoms with Crippen molar-refractivity contribution in [2.24, 2.45) is 0 Å². The molecular formula is C21H20N4O2. The number of carbonyl (C=O) groups is 2. The molecule has 0 unspecified atom stereocenters. The fourth-order valence-electron chi connectivity index (χ4n) is 3.18. The van der Waals surface area contributed by atoms with Crippen LogP contribution in [0, 0.1) is 0 Å². The summed E-state index contributed by atoms with van der Waals surface area (Å²) >= 11 is 0. The van der Waals surface area contributed by atoms with Gasteiger partial charge in [-0.15, -0.1) is 0 Å². The number of hydrogen-bond acceptors (Lipinski definition) is 2. The van der Waals surface area contributed by atoms with E-state index in [1.807, 2.05) is 71.4 Å². The number of carbonyl (C=O) groups excluding carboxylic acids is 2. The molecule has 1 aliphatic heterocycles. The quantitative estimate of drug-likeness (QED) is 0.733. The monoisotopic (exact) mass is 360 g/mol. The highest BCUT2D eigenvalue weighted by atomic mass is 16.2. The van der Waals surface area contributed by atoms with Crippen molar-refractivity contribution in [3.63, 3.8) is 0 Å². The zero-order chi connectivity index (χ0) is 18.6. The molecule has 0 aliphatic carbocycles. The maximum Gasteiger partial charge on any atom is 0.321 e. The second-order valence-electron chi connectivity index (χ2n) is 6.39. The van der Waals surface area contributed by atoms with Crippen molar-refractivity contribution in [3.8, 4) is 0 Å². The lowest BCUT2D eigenvalue weighted by Crippen LogP contribution is -2.27. The molecule has 0 radical (unpaired) electrons. The molecule has 4 rings (SSSR count). The number of urea groups is 1. The second kappa shape index (κ2) is 7.37. The summed E-state index contributed by atoms with van der Waals surface area (Å²) in [6.07, 6.45) is 1.90. The van der Waals surface area contributed by atoms with Gasteiger partial charge in [-0.3, -0.25) is 9.69 Å². The van der Waals surface area contributed by atoms with Crippen molar-refractivity contribution < 1.29 is 9.59 Å². The van der Waals surface area contributed by atoms with Crippen molar-refractivity contribution in [2.75, 3.05) is 23.3 Å². The standard InChI is InChI=1S/C21H20N4O2/c26-20(19-7-4-13-24(19)15-16-5-2-1-3-6-16)23-17-8-10-18(11-9-17)25-14-12-22-21(25)27/h1-11,13H,12,14-15H2,(H,22,27)(H,23,26). The second-order valence-corrected chi connectivity index (χ2v) is 6.39. The molecular weight excluding hydrogens is 340 g/mol. The minimum Gasteiger partial charge on any atom is -0.339 e. The Morgan fingerprint density at radius 3 is 2.48 bits per heavy atom. The van der Waals surface area contributed by atoms with E-state index in [9.17, 15) is 9.59 Å². The lowest BCUT2D eigenvalue weighted by atomic mass is 10.2. The number of hydrogen-bond donors (Lipinski definition) is 2. The Bertz CT molecular complexity index is 948. The van der Waals surface area contributed by atoms with Crippen molar-refractivity contribution in [2.45, 2.75) is 6.54 Å². The summed E-state index contributed by atoms with van der Waals surface area (Å²) < 4.78 is 1.92. The Labute approximate surface area is 157 Å². The molecule has 3 amide bonds. The van der Waals surface area contributed by atoms with Crippen molar-refractivity contribution in [3.05, 3.63) is 84.2 Å². The molecule has 1 aliphatic rings. The lowest BCUT2D eigenvalue weighted by molar-refractivity contribution is 0.101. The van der Waals surface area contributed by atoms with Gasteiger partial charge < -0.3 is 15.2 Å². The fraction of sp³-hybridized carbons (Fsp3) is 0.143. The molecule has 136 valence electrons. The van der Waals surface area contributed by atoms with E-state index in [4.69, 9.17) is 0 Å². The highest BCUT2D eigenvalue weighted by molar-refractivity contribution is 6.03. The van der Waals surface area contributed by atoms with Crippen LogP contribution in [0.1, 0.15) is 16.1 Å². The number of benzene rings is 2. The third-order valence-corrected chi connectivity index (χ3v) is 4.55. The zero-order valence-electron chi connectivity index (χ0n) is 14.8. The molecule has 3 aromatic rings. The third-order valence-electron chi connectivity index (χ3n) is 4.55. The Hall–Kier alpha value is -3.54. The number of rotatable bonds is 5. The summed E-state index contributed by atoms with van der Waals surface area (Å²) in [6.45, 7) is 1.94. The Morgan fingerprint density at radius 2 is 1.78 bits per heavy atom. The Morgan fingerprint density at radius 1 is 1.00 bits per heavy atom. The molecule has 6 nitrogen and oxygen atoms in total. The predicted molar refractivity (Wildman–Crippen MR) is 105 cm³/mol. The third kappa shape index (κ3) is 3.69. The van der Waals surface area contributed by atoms with Gasteiger partial charge in [-0.1, -0.05) is 30.3 Å². The first-order valence-corrected chi connectivity index (χ1v) is 8.86. The van der Waals surface area contributed by atoms with Gasteiger partial charge in [0.25, 0.3) is 5.91 Å². The van der Waals surface area contributed by atoms with E-state index in [-0.39, 0.29) is 11.9 Å². The SMILES string of the molecule is O=C(Nc1ccc(N2CCNC2=O)cc1)c1cccn1Cc1ccccc1. The molecule has 1 fully saturated rings. The van der Waals surface area contributed by atoms with E-state index < -0.39 is 0 Å². The maximum atomic E-state index is 12.7. The number of anilines is 2. The molecule has 2 aromatic carbocycles. The van der Waals surface area contributed by atoms with Crippen LogP contribution in [0.25, 0.3) is 0 Å². The molecule has 0 bridgehead atoms. The molecule has 27 heavy (non-hydrogen) atoms. The summed E-state index contributed by atoms with van der Waals surface area (Å²) in [5, 5.41) is 5.69. The Balaban J connectivity index is 1.45. The summed E-state index contributed by atoms with van der Waals surface area (Å²) in [7, 11) is 0. The average molecular weight is 360 g/mol. The van der Waals surface area contributed by atoms with Gasteiger partial charge in [0.2, 0.25) is 0 Å². The number of nitrogens with one attached hydrogen (secondary N) is 2. The molecule has 1 aromatic heterocycles. The molecule has 1 saturated heterocycles. The van der Waals surface area contributed by atoms with Crippen molar-refractivity contribution in [1.29, 1.82) is 0 Å². The highest BCUT2D eigenvalue weighted by Crippen LogP contribution is 2.20. The van der Waals surface area contributed by atoms with Gasteiger partial charge in [0.15, 0.2) is 0 Å². The number of nitrogens with zero attached hydrogens (tertiary/aromatic N) is 2. The van der Waals surface area contributed by atoms with E-state index in [1.54, 1.807) is 11.0 Å². The smallest absolute Gasteiger partial charge is 0.321 e. The van der Waals surface area contributed by atoms with E-state index >= 15 is 0 Å². The summed E-state index contributed by atoms with van der Waals surface area (Å²) in [5.41, 5.74) is 3.24. The zero-order valence-corrected chi connectivity index (χ0v) is 14.8. The summed E-state index contributed by atoms with van der Waals surface area (Å²) in [6, 6.07) is 20.9. The summed E-state index contributed by atoms with van der Waals surface area (Å²) in [4.78, 5) is 26.1. The molecule has 0 spiro atoms. The topological polar surface area (TPSA) is 66.4 Å². The van der Waals surface area contributed by atoms with Gasteiger partial charge in [0, 0.05) is 37.2 Å². The van der Waals surface area contributed by atoms with Crippen LogP contribution in [0.15, 0.2) is 72.9 Å². The Kier molecular flexibility index (Phi) is 4.61. The number of amides is 3. The van der Waals surface area contributed by atoms with Crippen LogP contribution in [0.2, 0.25) is 0 Å². The molecule has 0 saturated carbocycles. The first kappa shape index (κ1) is 16.9. The maximum absolute atomic E-state index is 12.7. The van der Waals surface area contributed by atoms with Gasteiger partial charge in [-0.25, -0.2) is 4.79 Å². The minimum atomic E-state index is -0.164. The van der Waals surface area contributed by atoms with Crippen LogP contribution >= 0.6 is 0 Å². The van der Waals surface area contributed by atoms with Crippen LogP contribution in [0.3, 0.4) is 0 Å². The normalized spacial score (nSPS) is 13.5. The predicted octanol–water partition coefficient (Wildman–Crippen LogP) is 3.32. The number of aromatic nitrogens is 1. The van der Waals surface area contributed by atoms with Crippen LogP contribution in [-0.2, 0) is 6.54 Å². The largest absolute Gasteiger partial charge is 0.339 e. The van der Waals surface area contributed by atoms with Gasteiger partial charge in [-0.05, 0) is 42.0 Å². The molecule has 2 N–H and O–H groups in total. The van der Waals surface area contributed by atoms with E-state index in [1.165, 1.54) is 0 Å². The first-order chi connectivity index (χ1) is 13.2. The summed E-state index contributed by atoms with van der Waals surface area (Å²) in [5.74, 6) is -0.164. The van der Waals surface area contributed by atoms with E-state index in [2.05, 4.69) is 10.6 Å². The van der Waals surface area contributed by atoms with Crippen LogP contribution in [0.4, 0.5) is 16.2 Å². The first-order valence-electron chi connectivity index (χ1n) is 8.86. The van der Waals surface area contributed by atoms with E-state index in [0.717, 1.165) is 11.3 Å². The molecule has 6 heteroatoms. The van der Waals surface area contributed by atoms with E-state index in [0.29, 0.717) is 31.0 Å². The fourth-order valence-corrected chi connectivity index (χ4v) is 3.18. The lowest BCUT2D eigenvalue weighted by Gasteiger charge is -2.15. The van der Waals surface area contributed by atoms with Gasteiger partial charge >= 0.3 is 6.03 Å². The van der Waals surface area contributed by atoms with Crippen molar-refractivity contribution >= 4 is 23.3 Å². The molecule has 0 atom stereocenters. The van der Waals surface area contributed by atoms with Gasteiger partial charge in [0.1, 0.15) is 5.69 Å². The van der Waals surface area contributed by atoms with Crippen molar-refractivity contribution in [1.82, 2.24) is 9.88 Å².